The summed E-state index contributed by atoms with van der Waals surface area (Å²) in [4.78, 5) is 23.9. The van der Waals surface area contributed by atoms with Gasteiger partial charge in [0, 0.05) is 12.5 Å². The van der Waals surface area contributed by atoms with E-state index >= 15 is 0 Å². The van der Waals surface area contributed by atoms with Gasteiger partial charge in [0.05, 0.1) is 12.8 Å². The number of carbonyl (C=O) groups excluding carboxylic acids is 2. The molecule has 2 heterocycles. The van der Waals surface area contributed by atoms with Gasteiger partial charge in [-0.05, 0) is 17.3 Å². The van der Waals surface area contributed by atoms with E-state index in [0.717, 1.165) is 0 Å². The van der Waals surface area contributed by atoms with E-state index in [1.165, 1.54) is 18.2 Å². The third-order valence-corrected chi connectivity index (χ3v) is 3.59. The quantitative estimate of drug-likeness (QED) is 0.771. The molecule has 2 aromatic rings. The first-order valence-electron chi connectivity index (χ1n) is 7.46. The first-order valence-corrected chi connectivity index (χ1v) is 7.46. The van der Waals surface area contributed by atoms with Gasteiger partial charge in [-0.25, -0.2) is 4.79 Å². The van der Waals surface area contributed by atoms with Gasteiger partial charge in [0.1, 0.15) is 11.8 Å². The average molecular weight is 344 g/mol. The van der Waals surface area contributed by atoms with Crippen LogP contribution in [0.25, 0.3) is 0 Å². The summed E-state index contributed by atoms with van der Waals surface area (Å²) in [6, 6.07) is 9.75. The highest BCUT2D eigenvalue weighted by Crippen LogP contribution is 2.24. The van der Waals surface area contributed by atoms with Crippen LogP contribution in [0.2, 0.25) is 0 Å². The van der Waals surface area contributed by atoms with Crippen LogP contribution in [0.1, 0.15) is 12.2 Å². The molecule has 0 spiro atoms. The van der Waals surface area contributed by atoms with E-state index in [-0.39, 0.29) is 24.6 Å². The van der Waals surface area contributed by atoms with Crippen molar-refractivity contribution >= 4 is 23.3 Å². The van der Waals surface area contributed by atoms with E-state index in [0.29, 0.717) is 11.4 Å². The van der Waals surface area contributed by atoms with Crippen LogP contribution >= 0.6 is 0 Å². The number of benzene rings is 1. The second-order valence-corrected chi connectivity index (χ2v) is 5.26. The maximum atomic E-state index is 12.2. The van der Waals surface area contributed by atoms with Crippen molar-refractivity contribution in [2.24, 2.45) is 10.8 Å². The number of carbonyl (C=O) groups is 2. The predicted molar refractivity (Wildman–Crippen MR) is 86.8 cm³/mol. The van der Waals surface area contributed by atoms with E-state index in [1.54, 1.807) is 24.3 Å². The molecule has 1 atom stereocenters. The molecule has 0 fully saturated rings. The largest absolute Gasteiger partial charge is 0.479 e. The van der Waals surface area contributed by atoms with Gasteiger partial charge in [0.25, 0.3) is 5.88 Å². The molecule has 1 aliphatic rings. The molecule has 1 aliphatic heterocycles. The first kappa shape index (κ1) is 16.5. The predicted octanol–water partition coefficient (Wildman–Crippen LogP) is 0.847. The van der Waals surface area contributed by atoms with Crippen LogP contribution in [-0.2, 0) is 20.9 Å². The highest BCUT2D eigenvalue weighted by atomic mass is 16.6. The number of primary amides is 1. The van der Waals surface area contributed by atoms with Crippen LogP contribution in [0.4, 0.5) is 5.69 Å². The molecule has 0 unspecified atom stereocenters. The highest BCUT2D eigenvalue weighted by molar-refractivity contribution is 6.38. The molecule has 2 N–H and O–H groups in total. The number of hydrazone groups is 1. The summed E-state index contributed by atoms with van der Waals surface area (Å²) in [5, 5.41) is 9.23. The number of esters is 1. The molecule has 1 amide bonds. The van der Waals surface area contributed by atoms with Crippen LogP contribution in [0.5, 0.6) is 5.88 Å². The Labute approximate surface area is 143 Å². The number of nitrogens with two attached hydrogens (primary N) is 1. The Kier molecular flexibility index (Phi) is 4.64. The smallest absolute Gasteiger partial charge is 0.355 e. The number of rotatable bonds is 6. The summed E-state index contributed by atoms with van der Waals surface area (Å²) in [6.45, 7) is -0.124. The molecule has 0 radical (unpaired) electrons. The number of hydrogen-bond acceptors (Lipinski definition) is 8. The third kappa shape index (κ3) is 3.60. The lowest BCUT2D eigenvalue weighted by Gasteiger charge is -2.20. The highest BCUT2D eigenvalue weighted by Gasteiger charge is 2.35. The van der Waals surface area contributed by atoms with Gasteiger partial charge in [-0.15, -0.1) is 0 Å². The minimum atomic E-state index is -0.740. The van der Waals surface area contributed by atoms with E-state index in [4.69, 9.17) is 19.7 Å². The van der Waals surface area contributed by atoms with E-state index in [2.05, 4.69) is 10.3 Å². The van der Waals surface area contributed by atoms with Crippen LogP contribution in [0, 0.1) is 0 Å². The van der Waals surface area contributed by atoms with Gasteiger partial charge in [-0.2, -0.15) is 5.10 Å². The number of methoxy groups -OCH3 is 1. The van der Waals surface area contributed by atoms with E-state index < -0.39 is 17.9 Å². The van der Waals surface area contributed by atoms with Gasteiger partial charge in [-0.3, -0.25) is 9.80 Å². The Hall–Kier alpha value is -3.36. The molecule has 130 valence electrons. The van der Waals surface area contributed by atoms with Gasteiger partial charge in [0.15, 0.2) is 12.4 Å². The molecule has 9 nitrogen and oxygen atoms in total. The molecule has 1 aromatic carbocycles. The fraction of sp³-hybridized carbons (Fsp3) is 0.250. The summed E-state index contributed by atoms with van der Waals surface area (Å²) >= 11 is 0. The third-order valence-electron chi connectivity index (χ3n) is 3.59. The van der Waals surface area contributed by atoms with Crippen LogP contribution in [-0.4, -0.2) is 35.9 Å². The minimum absolute atomic E-state index is 0.0722. The summed E-state index contributed by atoms with van der Waals surface area (Å²) in [7, 11) is 1.45. The molecule has 0 saturated carbocycles. The normalized spacial score (nSPS) is 16.4. The summed E-state index contributed by atoms with van der Waals surface area (Å²) in [5.74, 6) is -0.612. The molecule has 25 heavy (non-hydrogen) atoms. The van der Waals surface area contributed by atoms with Crippen molar-refractivity contribution in [2.45, 2.75) is 19.1 Å². The van der Waals surface area contributed by atoms with Gasteiger partial charge in [0.2, 0.25) is 5.91 Å². The summed E-state index contributed by atoms with van der Waals surface area (Å²) in [5.41, 5.74) is 6.20. The Morgan fingerprint density at radius 1 is 1.36 bits per heavy atom. The number of para-hydroxylation sites is 1. The zero-order valence-corrected chi connectivity index (χ0v) is 13.4. The molecule has 0 bridgehead atoms. The van der Waals surface area contributed by atoms with Crippen molar-refractivity contribution in [2.75, 3.05) is 12.1 Å². The van der Waals surface area contributed by atoms with Crippen molar-refractivity contribution in [1.82, 2.24) is 5.16 Å². The number of aromatic nitrogens is 1. The molecule has 0 aliphatic carbocycles. The summed E-state index contributed by atoms with van der Waals surface area (Å²) < 4.78 is 15.0. The Balaban J connectivity index is 1.70. The monoisotopic (exact) mass is 344 g/mol. The molecule has 0 saturated heterocycles. The average Bonchev–Trinajstić information content (AvgIpc) is 3.27. The lowest BCUT2D eigenvalue weighted by Crippen LogP contribution is -2.39. The molecular formula is C16H16N4O5. The maximum absolute atomic E-state index is 12.2. The number of ether oxygens (including phenoxy) is 2. The number of hydrogen-bond donors (Lipinski definition) is 1. The lowest BCUT2D eigenvalue weighted by atomic mass is 10.1. The van der Waals surface area contributed by atoms with E-state index in [9.17, 15) is 9.59 Å². The number of nitrogens with zero attached hydrogens (tertiary/aromatic N) is 3. The van der Waals surface area contributed by atoms with Crippen LogP contribution in [0.3, 0.4) is 0 Å². The van der Waals surface area contributed by atoms with Crippen LogP contribution in [0.15, 0.2) is 46.0 Å². The molecule has 9 heteroatoms. The fourth-order valence-corrected chi connectivity index (χ4v) is 2.35. The Morgan fingerprint density at radius 3 is 2.76 bits per heavy atom. The van der Waals surface area contributed by atoms with Gasteiger partial charge >= 0.3 is 5.97 Å². The van der Waals surface area contributed by atoms with Crippen molar-refractivity contribution in [3.05, 3.63) is 42.2 Å². The standard InChI is InChI=1S/C16H16N4O5/c1-23-14-7-11(25-19-14)9-24-16(22)12-8-13(15(17)21)20(18-12)10-5-3-2-4-6-10/h2-7,13H,8-9H2,1H3,(H2,17,21)/t13-/m0/s1. The molecule has 3 rings (SSSR count). The van der Waals surface area contributed by atoms with E-state index in [1.807, 2.05) is 6.07 Å². The van der Waals surface area contributed by atoms with Crippen molar-refractivity contribution in [3.63, 3.8) is 0 Å². The number of amides is 1. The van der Waals surface area contributed by atoms with Crippen LogP contribution < -0.4 is 15.5 Å². The molecule has 1 aromatic heterocycles. The zero-order valence-electron chi connectivity index (χ0n) is 13.4. The topological polar surface area (TPSA) is 120 Å². The SMILES string of the molecule is COc1cc(COC(=O)C2=NN(c3ccccc3)[C@H](C(N)=O)C2)on1. The molecular weight excluding hydrogens is 328 g/mol. The van der Waals surface area contributed by atoms with Crippen molar-refractivity contribution < 1.29 is 23.6 Å². The Morgan fingerprint density at radius 2 is 2.12 bits per heavy atom. The lowest BCUT2D eigenvalue weighted by molar-refractivity contribution is -0.137. The van der Waals surface area contributed by atoms with Crippen molar-refractivity contribution in [1.29, 1.82) is 0 Å². The first-order chi connectivity index (χ1) is 12.1. The maximum Gasteiger partial charge on any atom is 0.355 e. The van der Waals surface area contributed by atoms with Gasteiger partial charge < -0.3 is 19.7 Å². The number of anilines is 1. The second kappa shape index (κ2) is 7.04. The minimum Gasteiger partial charge on any atom is -0.479 e. The van der Waals surface area contributed by atoms with Crippen molar-refractivity contribution in [3.8, 4) is 5.88 Å². The fourth-order valence-electron chi connectivity index (χ4n) is 2.35. The zero-order chi connectivity index (χ0) is 17.8. The Bertz CT molecular complexity index is 802. The second-order valence-electron chi connectivity index (χ2n) is 5.26. The van der Waals surface area contributed by atoms with Gasteiger partial charge in [-0.1, -0.05) is 18.2 Å². The summed E-state index contributed by atoms with van der Waals surface area (Å²) in [6.07, 6.45) is 0.0722.